The van der Waals surface area contributed by atoms with Crippen LogP contribution in [0.3, 0.4) is 0 Å². The molecule has 21 heteroatoms. The van der Waals surface area contributed by atoms with E-state index < -0.39 is 71.7 Å². The Balaban J connectivity index is 1.43. The molecule has 18 nitrogen and oxygen atoms in total. The number of amides is 4. The molecule has 2 saturated heterocycles. The zero-order chi connectivity index (χ0) is 54.4. The number of methoxy groups -OCH3 is 2. The molecule has 0 radical (unpaired) electrons. The second-order valence-electron chi connectivity index (χ2n) is 20.1. The van der Waals surface area contributed by atoms with Gasteiger partial charge < -0.3 is 44.3 Å². The number of esters is 1. The number of ketones is 1. The number of benzene rings is 1. The maximum atomic E-state index is 14.4. The first-order valence-electron chi connectivity index (χ1n) is 24.9. The van der Waals surface area contributed by atoms with E-state index in [-0.39, 0.29) is 59.0 Å². The number of carbonyl (C=O) groups is 6. The summed E-state index contributed by atoms with van der Waals surface area (Å²) in [5.41, 5.74) is 10.2. The number of allylic oxidation sites excluding steroid dienone is 4. The van der Waals surface area contributed by atoms with Crippen molar-refractivity contribution in [2.24, 2.45) is 17.6 Å². The Kier molecular flexibility index (Phi) is 23.2. The second kappa shape index (κ2) is 27.6. The monoisotopic (exact) mass is 1080 g/mol. The molecule has 0 saturated carbocycles. The number of aliphatic hydroxyl groups is 1. The maximum Gasteiger partial charge on any atom is 0.409 e. The summed E-state index contributed by atoms with van der Waals surface area (Å²) in [7, 11) is 9.21. The number of epoxide rings is 1. The average Bonchev–Trinajstić information content (AvgIpc) is 4.05. The van der Waals surface area contributed by atoms with Gasteiger partial charge in [-0.05, 0) is 91.0 Å². The Morgan fingerprint density at radius 2 is 1.88 bits per heavy atom. The third kappa shape index (κ3) is 16.9. The van der Waals surface area contributed by atoms with E-state index in [2.05, 4.69) is 22.7 Å². The number of rotatable bonds is 23. The van der Waals surface area contributed by atoms with Crippen LogP contribution in [0.2, 0.25) is 5.02 Å². The van der Waals surface area contributed by atoms with Crippen molar-refractivity contribution in [3.8, 4) is 5.75 Å². The Labute approximate surface area is 444 Å². The zero-order valence-electron chi connectivity index (χ0n) is 44.4. The smallest absolute Gasteiger partial charge is 0.409 e. The molecule has 3 aliphatic heterocycles. The van der Waals surface area contributed by atoms with Crippen LogP contribution in [0.15, 0.2) is 48.6 Å². The van der Waals surface area contributed by atoms with Crippen LogP contribution in [0.1, 0.15) is 112 Å². The van der Waals surface area contributed by atoms with Crippen molar-refractivity contribution in [3.63, 3.8) is 0 Å². The number of hydrazine groups is 1. The summed E-state index contributed by atoms with van der Waals surface area (Å²) >= 11 is 6.83. The molecule has 0 aromatic heterocycles. The molecule has 1 unspecified atom stereocenters. The summed E-state index contributed by atoms with van der Waals surface area (Å²) in [6.07, 6.45) is 5.79. The van der Waals surface area contributed by atoms with Gasteiger partial charge in [-0.15, -0.1) is 6.58 Å². The molecule has 4 bridgehead atoms. The van der Waals surface area contributed by atoms with Crippen molar-refractivity contribution >= 4 is 74.4 Å². The molecular formula is C52H79ClN6O12S2. The number of nitrogens with two attached hydrogens (primary N) is 1. The van der Waals surface area contributed by atoms with Gasteiger partial charge in [-0.3, -0.25) is 29.9 Å². The van der Waals surface area contributed by atoms with Gasteiger partial charge in [0.2, 0.25) is 17.7 Å². The molecule has 10 atom stereocenters. The van der Waals surface area contributed by atoms with Gasteiger partial charge in [-0.1, -0.05) is 83.3 Å². The van der Waals surface area contributed by atoms with Crippen LogP contribution >= 0.6 is 33.2 Å². The number of hydrogen-bond donors (Lipinski definition) is 5. The van der Waals surface area contributed by atoms with Crippen LogP contribution < -0.4 is 31.5 Å². The Bertz CT molecular complexity index is 2200. The minimum absolute atomic E-state index is 0.0415. The van der Waals surface area contributed by atoms with Crippen molar-refractivity contribution in [1.29, 1.82) is 0 Å². The lowest BCUT2D eigenvalue weighted by Gasteiger charge is -2.42. The van der Waals surface area contributed by atoms with E-state index >= 15 is 0 Å². The molecule has 1 aromatic rings. The topological polar surface area (TPSA) is 241 Å². The fraction of sp³-hybridized carbons (Fsp3) is 0.654. The standard InChI is InChI=1S/C52H79ClN6O12S2/c1-13-32(3)46(63)36(19-14-15-24-54)56-57-42(60)21-17-25-72-73-50(6,7)23-22-43(61)58(9)34(5)48(64)70-41-29-44(62)59(10)37-27-35(28-38(67-11)45(37)53)26-31(2)18-16-20-40(68-12)52(66)30-39(69-49(65)55-52)33(4)47-51(41,8)71-47/h13,16,18,20,27-28,32-34,36,39-41,47,56,66H,1,14-15,17,19,21-26,29-30,54H2,2-12H3,(H,55,65)(H,57,60)/b20-16+,31-18+/t32?,33-,34+,36+,39+,40-,41+,47+,51+,52+/m1/s1. The maximum absolute atomic E-state index is 14.4. The normalized spacial score (nSPS) is 26.8. The van der Waals surface area contributed by atoms with Gasteiger partial charge in [-0.25, -0.2) is 15.0 Å². The molecule has 4 rings (SSSR count). The summed E-state index contributed by atoms with van der Waals surface area (Å²) in [4.78, 5) is 83.4. The summed E-state index contributed by atoms with van der Waals surface area (Å²) < 4.78 is 29.2. The number of nitrogens with one attached hydrogen (secondary N) is 3. The molecule has 73 heavy (non-hydrogen) atoms. The first-order chi connectivity index (χ1) is 34.3. The van der Waals surface area contributed by atoms with Crippen molar-refractivity contribution in [3.05, 3.63) is 59.2 Å². The lowest BCUT2D eigenvalue weighted by atomic mass is 9.83. The summed E-state index contributed by atoms with van der Waals surface area (Å²) in [5, 5.41) is 14.6. The van der Waals surface area contributed by atoms with E-state index in [0.717, 1.165) is 24.0 Å². The first kappa shape index (κ1) is 61.4. The van der Waals surface area contributed by atoms with Crippen molar-refractivity contribution < 1.29 is 57.6 Å². The van der Waals surface area contributed by atoms with Crippen LogP contribution in [0.4, 0.5) is 10.5 Å². The fourth-order valence-corrected chi connectivity index (χ4v) is 11.8. The second-order valence-corrected chi connectivity index (χ2v) is 23.6. The van der Waals surface area contributed by atoms with Crippen LogP contribution in [0, 0.1) is 11.8 Å². The zero-order valence-corrected chi connectivity index (χ0v) is 46.8. The van der Waals surface area contributed by atoms with Gasteiger partial charge >= 0.3 is 12.1 Å². The molecule has 1 aromatic carbocycles. The molecule has 0 spiro atoms. The molecule has 408 valence electrons. The number of fused-ring (bicyclic) bond motifs is 5. The first-order valence-corrected chi connectivity index (χ1v) is 27.6. The molecule has 2 fully saturated rings. The number of anilines is 1. The van der Waals surface area contributed by atoms with Gasteiger partial charge in [0.05, 0.1) is 31.4 Å². The largest absolute Gasteiger partial charge is 0.495 e. The van der Waals surface area contributed by atoms with Gasteiger partial charge in [0, 0.05) is 62.8 Å². The lowest BCUT2D eigenvalue weighted by Crippen LogP contribution is -2.63. The summed E-state index contributed by atoms with van der Waals surface area (Å²) in [5.74, 6) is -1.66. The fourth-order valence-electron chi connectivity index (χ4n) is 8.78. The van der Waals surface area contributed by atoms with E-state index in [4.69, 9.17) is 41.0 Å². The van der Waals surface area contributed by atoms with E-state index in [1.807, 2.05) is 26.8 Å². The molecule has 0 aliphatic carbocycles. The minimum atomic E-state index is -1.86. The average molecular weight is 1080 g/mol. The quantitative estimate of drug-likeness (QED) is 0.0190. The van der Waals surface area contributed by atoms with E-state index in [1.54, 1.807) is 86.7 Å². The van der Waals surface area contributed by atoms with E-state index in [9.17, 15) is 33.9 Å². The third-order valence-electron chi connectivity index (χ3n) is 13.9. The van der Waals surface area contributed by atoms with Gasteiger partial charge in [-0.2, -0.15) is 0 Å². The highest BCUT2D eigenvalue weighted by Crippen LogP contribution is 2.49. The number of alkyl carbamates (subject to hydrolysis) is 1. The summed E-state index contributed by atoms with van der Waals surface area (Å²) in [6, 6.07) is 1.98. The van der Waals surface area contributed by atoms with Crippen LogP contribution in [0.5, 0.6) is 5.75 Å². The number of hydrogen-bond acceptors (Lipinski definition) is 16. The highest BCUT2D eigenvalue weighted by molar-refractivity contribution is 8.77. The molecule has 4 amide bonds. The highest BCUT2D eigenvalue weighted by Gasteiger charge is 2.64. The minimum Gasteiger partial charge on any atom is -0.495 e. The van der Waals surface area contributed by atoms with Crippen LogP contribution in [-0.4, -0.2) is 139 Å². The van der Waals surface area contributed by atoms with Crippen LogP contribution in [0.25, 0.3) is 0 Å². The lowest BCUT2D eigenvalue weighted by molar-refractivity contribution is -0.162. The summed E-state index contributed by atoms with van der Waals surface area (Å²) in [6.45, 7) is 17.0. The third-order valence-corrected chi connectivity index (χ3v) is 17.7. The SMILES string of the molecule is C=CC(C)C(=O)[C@H](CCCCN)NNC(=O)CCCSSC(C)(C)CCC(=O)N(C)[C@@H](C)C(=O)O[C@H]1CC(=O)N(C)c2cc(cc(OC)c2Cl)C/C(C)=C/C=C/[C@@H](OC)[C@@]2(O)C[C@H](OC(=O)N2)[C@@H](C)[C@@H]2O[C@@]12C. The van der Waals surface area contributed by atoms with Crippen molar-refractivity contribution in [2.45, 2.75) is 165 Å². The molecular weight excluding hydrogens is 1000 g/mol. The number of carbonyl (C=O) groups excluding carboxylic acids is 6. The van der Waals surface area contributed by atoms with Gasteiger partial charge in [0.25, 0.3) is 0 Å². The number of unbranched alkanes of at least 4 members (excludes halogenated alkanes) is 1. The Hall–Kier alpha value is -4.15. The van der Waals surface area contributed by atoms with Crippen molar-refractivity contribution in [1.82, 2.24) is 21.1 Å². The van der Waals surface area contributed by atoms with Gasteiger partial charge in [0.1, 0.15) is 40.7 Å². The van der Waals surface area contributed by atoms with E-state index in [1.165, 1.54) is 31.1 Å². The number of likely N-dealkylation sites (N-methyl/N-ethyl adjacent to an activating group) is 1. The predicted octanol–water partition coefficient (Wildman–Crippen LogP) is 6.74. The number of nitrogens with zero attached hydrogens (tertiary/aromatic N) is 2. The predicted molar refractivity (Wildman–Crippen MR) is 286 cm³/mol. The van der Waals surface area contributed by atoms with Gasteiger partial charge in [0.15, 0.2) is 11.5 Å². The van der Waals surface area contributed by atoms with Crippen LogP contribution in [-0.2, 0) is 49.3 Å². The molecule has 3 heterocycles. The van der Waals surface area contributed by atoms with Crippen molar-refractivity contribution in [2.75, 3.05) is 45.5 Å². The number of Topliss-reactive ketones (excluding diaryl/α,β-unsaturated/α-hetero) is 1. The highest BCUT2D eigenvalue weighted by atomic mass is 35.5. The Morgan fingerprint density at radius 3 is 2.53 bits per heavy atom. The number of halogens is 1. The Morgan fingerprint density at radius 1 is 1.16 bits per heavy atom. The molecule has 6 N–H and O–H groups in total. The van der Waals surface area contributed by atoms with E-state index in [0.29, 0.717) is 49.4 Å². The molecule has 3 aliphatic rings. The number of ether oxygens (including phenoxy) is 5.